The fourth-order valence-corrected chi connectivity index (χ4v) is 3.79. The van der Waals surface area contributed by atoms with Gasteiger partial charge in [0.1, 0.15) is 5.75 Å². The highest BCUT2D eigenvalue weighted by Gasteiger charge is 2.32. The molecule has 0 radical (unpaired) electrons. The summed E-state index contributed by atoms with van der Waals surface area (Å²) in [5.74, 6) is 0.784. The van der Waals surface area contributed by atoms with E-state index in [9.17, 15) is 4.79 Å². The largest absolute Gasteiger partial charge is 0.496 e. The summed E-state index contributed by atoms with van der Waals surface area (Å²) in [6.45, 7) is 5.87. The van der Waals surface area contributed by atoms with Crippen LogP contribution in [0.3, 0.4) is 0 Å². The van der Waals surface area contributed by atoms with Crippen LogP contribution in [0, 0.1) is 13.8 Å². The Hall–Kier alpha value is -2.35. The highest BCUT2D eigenvalue weighted by atomic mass is 35.5. The Morgan fingerprint density at radius 3 is 2.76 bits per heavy atom. The van der Waals surface area contributed by atoms with E-state index in [2.05, 4.69) is 20.5 Å². The molecule has 1 fully saturated rings. The molecule has 3 heterocycles. The van der Waals surface area contributed by atoms with Crippen molar-refractivity contribution >= 4 is 41.8 Å². The normalized spacial score (nSPS) is 16.1. The van der Waals surface area contributed by atoms with Crippen LogP contribution in [0.4, 0.5) is 0 Å². The summed E-state index contributed by atoms with van der Waals surface area (Å²) in [7, 11) is 1.66. The van der Waals surface area contributed by atoms with Crippen LogP contribution >= 0.6 is 24.8 Å². The third kappa shape index (κ3) is 4.17. The van der Waals surface area contributed by atoms with Gasteiger partial charge in [0.2, 0.25) is 0 Å². The molecule has 1 saturated heterocycles. The molecule has 1 unspecified atom stereocenters. The maximum atomic E-state index is 13.6. The lowest BCUT2D eigenvalue weighted by Crippen LogP contribution is -2.48. The van der Waals surface area contributed by atoms with E-state index in [1.807, 2.05) is 49.1 Å². The minimum Gasteiger partial charge on any atom is -0.496 e. The van der Waals surface area contributed by atoms with Gasteiger partial charge in [-0.15, -0.1) is 24.8 Å². The Bertz CT molecular complexity index is 1010. The first kappa shape index (κ1) is 22.9. The van der Waals surface area contributed by atoms with Gasteiger partial charge in [-0.2, -0.15) is 5.10 Å². The summed E-state index contributed by atoms with van der Waals surface area (Å²) in [6, 6.07) is 9.63. The summed E-state index contributed by atoms with van der Waals surface area (Å²) in [4.78, 5) is 20.0. The van der Waals surface area contributed by atoms with Crippen LogP contribution in [0.15, 0.2) is 30.3 Å². The number of ether oxygens (including phenoxy) is 1. The highest BCUT2D eigenvalue weighted by molar-refractivity contribution is 6.06. The Morgan fingerprint density at radius 2 is 2.00 bits per heavy atom. The maximum Gasteiger partial charge on any atom is 0.255 e. The molecule has 1 aromatic carbocycles. The highest BCUT2D eigenvalue weighted by Crippen LogP contribution is 2.32. The van der Waals surface area contributed by atoms with E-state index < -0.39 is 0 Å². The predicted molar refractivity (Wildman–Crippen MR) is 117 cm³/mol. The number of methoxy groups -OCH3 is 1. The van der Waals surface area contributed by atoms with E-state index in [-0.39, 0.29) is 36.8 Å². The van der Waals surface area contributed by atoms with Crippen molar-refractivity contribution in [2.45, 2.75) is 19.9 Å². The van der Waals surface area contributed by atoms with Crippen LogP contribution in [0.5, 0.6) is 5.75 Å². The molecule has 7 nitrogen and oxygen atoms in total. The van der Waals surface area contributed by atoms with Gasteiger partial charge in [0.25, 0.3) is 5.91 Å². The topological polar surface area (TPSA) is 83.1 Å². The summed E-state index contributed by atoms with van der Waals surface area (Å²) >= 11 is 0. The van der Waals surface area contributed by atoms with Gasteiger partial charge in [-0.25, -0.2) is 4.98 Å². The quantitative estimate of drug-likeness (QED) is 0.656. The third-order valence-electron chi connectivity index (χ3n) is 5.07. The van der Waals surface area contributed by atoms with Crippen LogP contribution < -0.4 is 10.1 Å². The van der Waals surface area contributed by atoms with Crippen molar-refractivity contribution in [3.63, 3.8) is 0 Å². The average molecular weight is 438 g/mol. The van der Waals surface area contributed by atoms with Crippen molar-refractivity contribution in [1.29, 1.82) is 0 Å². The Kier molecular flexibility index (Phi) is 7.46. The van der Waals surface area contributed by atoms with Crippen molar-refractivity contribution in [2.75, 3.05) is 26.7 Å². The first-order valence-electron chi connectivity index (χ1n) is 9.07. The molecule has 1 aliphatic rings. The van der Waals surface area contributed by atoms with E-state index in [0.717, 1.165) is 34.6 Å². The number of aromatic nitrogens is 3. The zero-order valence-electron chi connectivity index (χ0n) is 16.6. The van der Waals surface area contributed by atoms with Gasteiger partial charge in [0.15, 0.2) is 5.65 Å². The van der Waals surface area contributed by atoms with Gasteiger partial charge in [0.05, 0.1) is 24.1 Å². The van der Waals surface area contributed by atoms with Crippen molar-refractivity contribution in [3.8, 4) is 5.75 Å². The number of nitrogens with one attached hydrogen (secondary N) is 2. The van der Waals surface area contributed by atoms with Crippen molar-refractivity contribution in [2.24, 2.45) is 0 Å². The number of aromatic amines is 1. The van der Waals surface area contributed by atoms with Gasteiger partial charge in [-0.05, 0) is 26.0 Å². The number of benzene rings is 1. The molecule has 3 aromatic rings. The number of aryl methyl sites for hydroxylation is 2. The SMILES string of the molecule is COc1ccccc1C1CNCCN1C(=O)c1cc(C)nc2n[nH]c(C)c12.Cl.Cl. The number of halogens is 2. The Labute approximate surface area is 182 Å². The number of carbonyl (C=O) groups excluding carboxylic acids is 1. The van der Waals surface area contributed by atoms with Crippen molar-refractivity contribution < 1.29 is 9.53 Å². The monoisotopic (exact) mass is 437 g/mol. The minimum atomic E-state index is -0.0990. The van der Waals surface area contributed by atoms with E-state index in [4.69, 9.17) is 4.74 Å². The fraction of sp³-hybridized carbons (Fsp3) is 0.350. The number of hydrogen-bond acceptors (Lipinski definition) is 5. The average Bonchev–Trinajstić information content (AvgIpc) is 3.07. The van der Waals surface area contributed by atoms with Gasteiger partial charge < -0.3 is 15.0 Å². The fourth-order valence-electron chi connectivity index (χ4n) is 3.79. The van der Waals surface area contributed by atoms with Crippen LogP contribution in [0.1, 0.15) is 33.4 Å². The van der Waals surface area contributed by atoms with Gasteiger partial charge in [-0.3, -0.25) is 9.89 Å². The van der Waals surface area contributed by atoms with Gasteiger partial charge >= 0.3 is 0 Å². The van der Waals surface area contributed by atoms with E-state index in [1.54, 1.807) is 7.11 Å². The number of pyridine rings is 1. The number of piperazine rings is 1. The summed E-state index contributed by atoms with van der Waals surface area (Å²) in [6.07, 6.45) is 0. The summed E-state index contributed by atoms with van der Waals surface area (Å²) < 4.78 is 5.54. The van der Waals surface area contributed by atoms with E-state index >= 15 is 0 Å². The summed E-state index contributed by atoms with van der Waals surface area (Å²) in [5, 5.41) is 11.4. The molecule has 1 aliphatic heterocycles. The van der Waals surface area contributed by atoms with E-state index in [0.29, 0.717) is 24.3 Å². The molecule has 0 aliphatic carbocycles. The smallest absolute Gasteiger partial charge is 0.255 e. The lowest BCUT2D eigenvalue weighted by Gasteiger charge is -2.37. The Balaban J connectivity index is 0.00000150. The molecule has 0 spiro atoms. The van der Waals surface area contributed by atoms with Crippen LogP contribution in [0.2, 0.25) is 0 Å². The molecule has 156 valence electrons. The lowest BCUT2D eigenvalue weighted by molar-refractivity contribution is 0.0633. The lowest BCUT2D eigenvalue weighted by atomic mass is 10.00. The second-order valence-corrected chi connectivity index (χ2v) is 6.82. The van der Waals surface area contributed by atoms with Gasteiger partial charge in [-0.1, -0.05) is 18.2 Å². The molecule has 2 N–H and O–H groups in total. The first-order valence-corrected chi connectivity index (χ1v) is 9.07. The van der Waals surface area contributed by atoms with Gasteiger partial charge in [0, 0.05) is 36.6 Å². The standard InChI is InChI=1S/C20H23N5O2.2ClH/c1-12-10-15(18-13(2)23-24-19(18)22-12)20(26)25-9-8-21-11-16(25)14-6-4-5-7-17(14)27-3;;/h4-7,10,16,21H,8-9,11H2,1-3H3,(H,22,23,24);2*1H. The predicted octanol–water partition coefficient (Wildman–Crippen LogP) is 3.21. The maximum absolute atomic E-state index is 13.6. The van der Waals surface area contributed by atoms with Crippen LogP contribution in [0.25, 0.3) is 11.0 Å². The number of rotatable bonds is 3. The van der Waals surface area contributed by atoms with Crippen molar-refractivity contribution in [3.05, 3.63) is 52.8 Å². The van der Waals surface area contributed by atoms with Crippen molar-refractivity contribution in [1.82, 2.24) is 25.4 Å². The third-order valence-corrected chi connectivity index (χ3v) is 5.07. The molecule has 0 saturated carbocycles. The first-order chi connectivity index (χ1) is 13.1. The number of hydrogen-bond donors (Lipinski definition) is 2. The van der Waals surface area contributed by atoms with Crippen LogP contribution in [-0.2, 0) is 0 Å². The second-order valence-electron chi connectivity index (χ2n) is 6.82. The Morgan fingerprint density at radius 1 is 1.24 bits per heavy atom. The molecular formula is C20H25Cl2N5O2. The number of para-hydroxylation sites is 1. The second kappa shape index (κ2) is 9.43. The number of amides is 1. The van der Waals surface area contributed by atoms with E-state index in [1.165, 1.54) is 0 Å². The minimum absolute atomic E-state index is 0. The molecule has 2 aromatic heterocycles. The zero-order chi connectivity index (χ0) is 19.0. The number of fused-ring (bicyclic) bond motifs is 1. The molecule has 1 atom stereocenters. The zero-order valence-corrected chi connectivity index (χ0v) is 18.2. The molecule has 0 bridgehead atoms. The number of nitrogens with zero attached hydrogens (tertiary/aromatic N) is 3. The van der Waals surface area contributed by atoms with Crippen LogP contribution in [-0.4, -0.2) is 52.7 Å². The molecule has 9 heteroatoms. The molecule has 4 rings (SSSR count). The number of carbonyl (C=O) groups is 1. The molecule has 1 amide bonds. The summed E-state index contributed by atoms with van der Waals surface area (Å²) in [5.41, 5.74) is 3.86. The molecule has 29 heavy (non-hydrogen) atoms. The molecular weight excluding hydrogens is 413 g/mol. The number of H-pyrrole nitrogens is 1.